The predicted molar refractivity (Wildman–Crippen MR) is 80.4 cm³/mol. The third kappa shape index (κ3) is 4.37. The summed E-state index contributed by atoms with van der Waals surface area (Å²) < 4.78 is 38.3. The van der Waals surface area contributed by atoms with Crippen molar-refractivity contribution in [1.82, 2.24) is 5.32 Å². The Hall–Kier alpha value is -1.76. The van der Waals surface area contributed by atoms with E-state index in [2.05, 4.69) is 5.32 Å². The zero-order chi connectivity index (χ0) is 16.4. The first-order valence-corrected chi connectivity index (χ1v) is 7.97. The molecule has 0 atom stereocenters. The lowest BCUT2D eigenvalue weighted by Crippen LogP contribution is -3.16. The molecule has 7 heteroatoms. The van der Waals surface area contributed by atoms with Crippen molar-refractivity contribution in [3.63, 3.8) is 0 Å². The van der Waals surface area contributed by atoms with Gasteiger partial charge >= 0.3 is 6.18 Å². The molecule has 1 aliphatic carbocycles. The number of quaternary nitrogens is 1. The molecule has 0 unspecified atom stereocenters. The summed E-state index contributed by atoms with van der Waals surface area (Å²) in [6.07, 6.45) is -2.17. The number of carbonyl (C=O) groups excluding carboxylic acids is 1. The maximum absolute atomic E-state index is 12.8. The molecule has 1 saturated heterocycles. The van der Waals surface area contributed by atoms with E-state index >= 15 is 0 Å². The number of halogens is 3. The number of rotatable bonds is 4. The normalized spacial score (nSPS) is 19.7. The van der Waals surface area contributed by atoms with Crippen molar-refractivity contribution in [2.75, 3.05) is 37.6 Å². The Morgan fingerprint density at radius 1 is 1.26 bits per heavy atom. The molecule has 2 aliphatic rings. The average molecular weight is 328 g/mol. The van der Waals surface area contributed by atoms with Crippen LogP contribution in [-0.2, 0) is 11.0 Å². The molecule has 1 aromatic rings. The highest BCUT2D eigenvalue weighted by Gasteiger charge is 2.31. The quantitative estimate of drug-likeness (QED) is 0.853. The third-order valence-electron chi connectivity index (χ3n) is 4.36. The van der Waals surface area contributed by atoms with Gasteiger partial charge in [-0.1, -0.05) is 6.07 Å². The van der Waals surface area contributed by atoms with Gasteiger partial charge in [-0.15, -0.1) is 0 Å². The molecule has 4 nitrogen and oxygen atoms in total. The first-order valence-electron chi connectivity index (χ1n) is 7.97. The first-order chi connectivity index (χ1) is 10.9. The number of hydrogen-bond acceptors (Lipinski definition) is 2. The molecule has 0 radical (unpaired) electrons. The molecule has 23 heavy (non-hydrogen) atoms. The Morgan fingerprint density at radius 3 is 2.57 bits per heavy atom. The van der Waals surface area contributed by atoms with Crippen LogP contribution in [0.3, 0.4) is 0 Å². The topological polar surface area (TPSA) is 36.8 Å². The van der Waals surface area contributed by atoms with Crippen molar-refractivity contribution in [3.05, 3.63) is 29.8 Å². The Morgan fingerprint density at radius 2 is 1.96 bits per heavy atom. The van der Waals surface area contributed by atoms with Crippen LogP contribution in [0.1, 0.15) is 18.4 Å². The molecule has 3 rings (SSSR count). The van der Waals surface area contributed by atoms with Crippen LogP contribution < -0.4 is 15.1 Å². The van der Waals surface area contributed by atoms with Crippen LogP contribution in [0.4, 0.5) is 18.9 Å². The number of nitrogens with zero attached hydrogens (tertiary/aromatic N) is 1. The number of piperazine rings is 1. The summed E-state index contributed by atoms with van der Waals surface area (Å²) in [4.78, 5) is 14.9. The summed E-state index contributed by atoms with van der Waals surface area (Å²) in [7, 11) is 0. The molecule has 0 spiro atoms. The second-order valence-corrected chi connectivity index (χ2v) is 6.30. The van der Waals surface area contributed by atoms with Gasteiger partial charge < -0.3 is 15.1 Å². The van der Waals surface area contributed by atoms with Gasteiger partial charge in [0, 0.05) is 11.7 Å². The zero-order valence-corrected chi connectivity index (χ0v) is 12.8. The van der Waals surface area contributed by atoms with E-state index in [0.717, 1.165) is 32.0 Å². The second-order valence-electron chi connectivity index (χ2n) is 6.30. The summed E-state index contributed by atoms with van der Waals surface area (Å²) in [5.41, 5.74) is -0.0186. The van der Waals surface area contributed by atoms with E-state index in [-0.39, 0.29) is 5.91 Å². The van der Waals surface area contributed by atoms with E-state index in [9.17, 15) is 18.0 Å². The highest BCUT2D eigenvalue weighted by molar-refractivity contribution is 5.77. The fourth-order valence-corrected chi connectivity index (χ4v) is 2.87. The zero-order valence-electron chi connectivity index (χ0n) is 12.8. The largest absolute Gasteiger partial charge is 0.416 e. The minimum Gasteiger partial charge on any atom is -0.360 e. The van der Waals surface area contributed by atoms with Crippen molar-refractivity contribution in [3.8, 4) is 0 Å². The summed E-state index contributed by atoms with van der Waals surface area (Å²) in [6, 6.07) is 5.81. The molecule has 2 fully saturated rings. The number of alkyl halides is 3. The Bertz CT molecular complexity index is 564. The summed E-state index contributed by atoms with van der Waals surface area (Å²) in [5.74, 6) is 0.0787. The van der Waals surface area contributed by atoms with Crippen molar-refractivity contribution in [2.24, 2.45) is 0 Å². The Labute approximate surface area is 133 Å². The van der Waals surface area contributed by atoms with Gasteiger partial charge in [0.25, 0.3) is 5.91 Å². The van der Waals surface area contributed by atoms with Gasteiger partial charge in [0.05, 0.1) is 31.7 Å². The number of anilines is 1. The second kappa shape index (κ2) is 6.39. The van der Waals surface area contributed by atoms with E-state index in [1.54, 1.807) is 6.07 Å². The fourth-order valence-electron chi connectivity index (χ4n) is 2.87. The SMILES string of the molecule is O=C(C[NH+]1CCN(c2cccc(C(F)(F)F)c2)CC1)NC1CC1. The standard InChI is InChI=1S/C16H20F3N3O/c17-16(18,19)12-2-1-3-14(10-12)22-8-6-21(7-9-22)11-15(23)20-13-4-5-13/h1-3,10,13H,4-9,11H2,(H,20,23)/p+1. The molecule has 2 N–H and O–H groups in total. The van der Waals surface area contributed by atoms with E-state index in [1.807, 2.05) is 4.90 Å². The Balaban J connectivity index is 1.53. The number of hydrogen-bond donors (Lipinski definition) is 2. The van der Waals surface area contributed by atoms with Crippen LogP contribution in [0.15, 0.2) is 24.3 Å². The van der Waals surface area contributed by atoms with Crippen LogP contribution >= 0.6 is 0 Å². The molecule has 1 heterocycles. The lowest BCUT2D eigenvalue weighted by atomic mass is 10.1. The fraction of sp³-hybridized carbons (Fsp3) is 0.562. The summed E-state index contributed by atoms with van der Waals surface area (Å²) in [5, 5.41) is 2.97. The number of carbonyl (C=O) groups is 1. The van der Waals surface area contributed by atoms with Crippen LogP contribution in [0.25, 0.3) is 0 Å². The maximum Gasteiger partial charge on any atom is 0.416 e. The number of amides is 1. The molecule has 0 aromatic heterocycles. The Kier molecular flexibility index (Phi) is 4.48. The molecular weight excluding hydrogens is 307 g/mol. The van der Waals surface area contributed by atoms with Crippen molar-refractivity contribution in [1.29, 1.82) is 0 Å². The molecule has 1 saturated carbocycles. The summed E-state index contributed by atoms with van der Waals surface area (Å²) >= 11 is 0. The van der Waals surface area contributed by atoms with E-state index < -0.39 is 11.7 Å². The lowest BCUT2D eigenvalue weighted by Gasteiger charge is -2.33. The van der Waals surface area contributed by atoms with Crippen molar-refractivity contribution in [2.45, 2.75) is 25.1 Å². The molecule has 1 aliphatic heterocycles. The van der Waals surface area contributed by atoms with Gasteiger partial charge in [0.2, 0.25) is 0 Å². The molecular formula is C16H21F3N3O+. The monoisotopic (exact) mass is 328 g/mol. The number of nitrogens with one attached hydrogen (secondary N) is 2. The first kappa shape index (κ1) is 16.1. The molecule has 126 valence electrons. The van der Waals surface area contributed by atoms with Crippen molar-refractivity contribution >= 4 is 11.6 Å². The minimum atomic E-state index is -4.32. The van der Waals surface area contributed by atoms with Crippen LogP contribution in [0.5, 0.6) is 0 Å². The van der Waals surface area contributed by atoms with E-state index in [0.29, 0.717) is 31.4 Å². The van der Waals surface area contributed by atoms with Crippen LogP contribution in [0, 0.1) is 0 Å². The molecule has 0 bridgehead atoms. The van der Waals surface area contributed by atoms with Crippen molar-refractivity contribution < 1.29 is 22.9 Å². The highest BCUT2D eigenvalue weighted by Crippen LogP contribution is 2.31. The molecule has 1 aromatic carbocycles. The minimum absolute atomic E-state index is 0.0787. The van der Waals surface area contributed by atoms with Crippen LogP contribution in [0.2, 0.25) is 0 Å². The van der Waals surface area contributed by atoms with E-state index in [4.69, 9.17) is 0 Å². The predicted octanol–water partition coefficient (Wildman–Crippen LogP) is 0.689. The van der Waals surface area contributed by atoms with Gasteiger partial charge in [0.1, 0.15) is 0 Å². The summed E-state index contributed by atoms with van der Waals surface area (Å²) in [6.45, 7) is 3.29. The van der Waals surface area contributed by atoms with Gasteiger partial charge in [0.15, 0.2) is 6.54 Å². The maximum atomic E-state index is 12.8. The van der Waals surface area contributed by atoms with Gasteiger partial charge in [-0.3, -0.25) is 4.79 Å². The smallest absolute Gasteiger partial charge is 0.360 e. The van der Waals surface area contributed by atoms with Gasteiger partial charge in [-0.05, 0) is 31.0 Å². The highest BCUT2D eigenvalue weighted by atomic mass is 19.4. The third-order valence-corrected chi connectivity index (χ3v) is 4.36. The lowest BCUT2D eigenvalue weighted by molar-refractivity contribution is -0.892. The van der Waals surface area contributed by atoms with Gasteiger partial charge in [-0.2, -0.15) is 13.2 Å². The molecule has 1 amide bonds. The van der Waals surface area contributed by atoms with Gasteiger partial charge in [-0.25, -0.2) is 0 Å². The van der Waals surface area contributed by atoms with Crippen LogP contribution in [-0.4, -0.2) is 44.7 Å². The number of benzene rings is 1. The van der Waals surface area contributed by atoms with E-state index in [1.165, 1.54) is 17.0 Å². The average Bonchev–Trinajstić information content (AvgIpc) is 3.31.